The lowest BCUT2D eigenvalue weighted by atomic mass is 10.2. The van der Waals surface area contributed by atoms with Gasteiger partial charge in [0.25, 0.3) is 5.91 Å². The Morgan fingerprint density at radius 3 is 2.15 bits per heavy atom. The molecule has 1 fully saturated rings. The highest BCUT2D eigenvalue weighted by Gasteiger charge is 2.21. The summed E-state index contributed by atoms with van der Waals surface area (Å²) < 4.78 is 0. The van der Waals surface area contributed by atoms with Crippen molar-refractivity contribution in [3.63, 3.8) is 0 Å². The van der Waals surface area contributed by atoms with Crippen molar-refractivity contribution in [3.8, 4) is 11.8 Å². The molecule has 3 rings (SSSR count). The number of benzene rings is 2. The van der Waals surface area contributed by atoms with Crippen LogP contribution in [-0.2, 0) is 9.59 Å². The summed E-state index contributed by atoms with van der Waals surface area (Å²) in [4.78, 5) is 28.1. The van der Waals surface area contributed by atoms with Gasteiger partial charge in [-0.2, -0.15) is 0 Å². The summed E-state index contributed by atoms with van der Waals surface area (Å²) in [5, 5.41) is 2.58. The Morgan fingerprint density at radius 1 is 0.885 bits per heavy atom. The van der Waals surface area contributed by atoms with Gasteiger partial charge in [-0.1, -0.05) is 42.3 Å². The predicted octanol–water partition coefficient (Wildman–Crippen LogP) is 1.50. The zero-order valence-corrected chi connectivity index (χ0v) is 14.5. The van der Waals surface area contributed by atoms with E-state index in [1.165, 1.54) is 5.69 Å². The number of nitrogens with one attached hydrogen (secondary N) is 1. The Bertz CT molecular complexity index is 801. The number of hydrogen-bond acceptors (Lipinski definition) is 3. The highest BCUT2D eigenvalue weighted by atomic mass is 16.2. The fraction of sp³-hybridized carbons (Fsp3) is 0.238. The maximum Gasteiger partial charge on any atom is 0.296 e. The van der Waals surface area contributed by atoms with E-state index in [0.29, 0.717) is 13.1 Å². The SMILES string of the molecule is O=C(C#Cc1ccccc1)NCC(=O)N1CCN(c2ccccc2)CC1. The maximum absolute atomic E-state index is 12.3. The molecule has 2 aromatic rings. The lowest BCUT2D eigenvalue weighted by Gasteiger charge is -2.36. The van der Waals surface area contributed by atoms with Crippen molar-refractivity contribution in [2.75, 3.05) is 37.6 Å². The molecule has 0 bridgehead atoms. The standard InChI is InChI=1S/C21H21N3O2/c25-20(12-11-18-7-3-1-4-8-18)22-17-21(26)24-15-13-23(14-16-24)19-9-5-2-6-10-19/h1-10H,13-17H2,(H,22,25). The van der Waals surface area contributed by atoms with Crippen LogP contribution in [0.5, 0.6) is 0 Å². The number of carbonyl (C=O) groups is 2. The number of hydrogen-bond donors (Lipinski definition) is 1. The average molecular weight is 347 g/mol. The molecule has 5 nitrogen and oxygen atoms in total. The first-order valence-corrected chi connectivity index (χ1v) is 8.65. The van der Waals surface area contributed by atoms with Crippen LogP contribution >= 0.6 is 0 Å². The van der Waals surface area contributed by atoms with E-state index in [0.717, 1.165) is 18.7 Å². The molecule has 2 amide bonds. The van der Waals surface area contributed by atoms with Gasteiger partial charge in [0.15, 0.2) is 0 Å². The number of anilines is 1. The van der Waals surface area contributed by atoms with Crippen molar-refractivity contribution < 1.29 is 9.59 Å². The molecule has 1 aliphatic rings. The zero-order valence-electron chi connectivity index (χ0n) is 14.5. The Kier molecular flexibility index (Phi) is 5.89. The van der Waals surface area contributed by atoms with E-state index in [2.05, 4.69) is 34.2 Å². The van der Waals surface area contributed by atoms with E-state index in [4.69, 9.17) is 0 Å². The van der Waals surface area contributed by atoms with Crippen molar-refractivity contribution in [3.05, 3.63) is 66.2 Å². The molecule has 0 radical (unpaired) electrons. The van der Waals surface area contributed by atoms with E-state index < -0.39 is 5.91 Å². The normalized spacial score (nSPS) is 13.5. The summed E-state index contributed by atoms with van der Waals surface area (Å²) in [6.45, 7) is 2.86. The minimum Gasteiger partial charge on any atom is -0.368 e. The lowest BCUT2D eigenvalue weighted by Crippen LogP contribution is -2.51. The van der Waals surface area contributed by atoms with Crippen LogP contribution in [0.1, 0.15) is 5.56 Å². The third-order valence-corrected chi connectivity index (χ3v) is 4.25. The summed E-state index contributed by atoms with van der Waals surface area (Å²) in [5.41, 5.74) is 1.94. The van der Waals surface area contributed by atoms with E-state index in [1.54, 1.807) is 4.90 Å². The van der Waals surface area contributed by atoms with E-state index in [-0.39, 0.29) is 12.5 Å². The maximum atomic E-state index is 12.3. The van der Waals surface area contributed by atoms with Crippen molar-refractivity contribution in [1.29, 1.82) is 0 Å². The largest absolute Gasteiger partial charge is 0.368 e. The van der Waals surface area contributed by atoms with Crippen molar-refractivity contribution in [2.24, 2.45) is 0 Å². The number of piperazine rings is 1. The number of amides is 2. The number of rotatable bonds is 3. The highest BCUT2D eigenvalue weighted by Crippen LogP contribution is 2.15. The van der Waals surface area contributed by atoms with Crippen LogP contribution in [0, 0.1) is 11.8 Å². The molecule has 5 heteroatoms. The second-order valence-electron chi connectivity index (χ2n) is 6.00. The molecular weight excluding hydrogens is 326 g/mol. The minimum absolute atomic E-state index is 0.0202. The van der Waals surface area contributed by atoms with Gasteiger partial charge in [0.2, 0.25) is 5.91 Å². The van der Waals surface area contributed by atoms with Gasteiger partial charge in [-0.15, -0.1) is 0 Å². The summed E-state index contributed by atoms with van der Waals surface area (Å²) in [7, 11) is 0. The Hall–Kier alpha value is -3.26. The topological polar surface area (TPSA) is 52.7 Å². The smallest absolute Gasteiger partial charge is 0.296 e. The fourth-order valence-electron chi connectivity index (χ4n) is 2.82. The van der Waals surface area contributed by atoms with Crippen LogP contribution < -0.4 is 10.2 Å². The molecule has 0 spiro atoms. The molecule has 26 heavy (non-hydrogen) atoms. The Labute approximate surface area is 153 Å². The van der Waals surface area contributed by atoms with E-state index in [1.807, 2.05) is 48.5 Å². The van der Waals surface area contributed by atoms with Crippen LogP contribution in [-0.4, -0.2) is 49.4 Å². The van der Waals surface area contributed by atoms with Crippen LogP contribution in [0.4, 0.5) is 5.69 Å². The summed E-state index contributed by atoms with van der Waals surface area (Å²) in [6.07, 6.45) is 0. The number of nitrogens with zero attached hydrogens (tertiary/aromatic N) is 2. The van der Waals surface area contributed by atoms with Gasteiger partial charge < -0.3 is 15.1 Å². The first-order chi connectivity index (χ1) is 12.7. The van der Waals surface area contributed by atoms with Gasteiger partial charge in [0.1, 0.15) is 0 Å². The third kappa shape index (κ3) is 4.87. The molecule has 0 saturated carbocycles. The average Bonchev–Trinajstić information content (AvgIpc) is 2.72. The Morgan fingerprint density at radius 2 is 1.50 bits per heavy atom. The summed E-state index contributed by atoms with van der Waals surface area (Å²) >= 11 is 0. The van der Waals surface area contributed by atoms with E-state index >= 15 is 0 Å². The zero-order chi connectivity index (χ0) is 18.2. The number of para-hydroxylation sites is 1. The van der Waals surface area contributed by atoms with Gasteiger partial charge in [0, 0.05) is 43.4 Å². The molecule has 0 aliphatic carbocycles. The van der Waals surface area contributed by atoms with Crippen LogP contribution in [0.3, 0.4) is 0 Å². The lowest BCUT2D eigenvalue weighted by molar-refractivity contribution is -0.132. The molecule has 132 valence electrons. The fourth-order valence-corrected chi connectivity index (χ4v) is 2.82. The molecule has 1 aliphatic heterocycles. The second kappa shape index (κ2) is 8.72. The molecule has 0 unspecified atom stereocenters. The second-order valence-corrected chi connectivity index (χ2v) is 6.00. The van der Waals surface area contributed by atoms with Gasteiger partial charge in [0.05, 0.1) is 6.54 Å². The molecule has 1 saturated heterocycles. The first-order valence-electron chi connectivity index (χ1n) is 8.65. The van der Waals surface area contributed by atoms with Gasteiger partial charge in [-0.3, -0.25) is 9.59 Å². The van der Waals surface area contributed by atoms with Crippen molar-refractivity contribution in [1.82, 2.24) is 10.2 Å². The summed E-state index contributed by atoms with van der Waals surface area (Å²) in [6, 6.07) is 19.4. The van der Waals surface area contributed by atoms with Gasteiger partial charge >= 0.3 is 0 Å². The third-order valence-electron chi connectivity index (χ3n) is 4.25. The number of carbonyl (C=O) groups excluding carboxylic acids is 2. The Balaban J connectivity index is 1.43. The van der Waals surface area contributed by atoms with Crippen LogP contribution in [0.25, 0.3) is 0 Å². The molecular formula is C21H21N3O2. The van der Waals surface area contributed by atoms with Crippen LogP contribution in [0.2, 0.25) is 0 Å². The first kappa shape index (κ1) is 17.6. The summed E-state index contributed by atoms with van der Waals surface area (Å²) in [5.74, 6) is 4.77. The molecule has 0 atom stereocenters. The minimum atomic E-state index is -0.440. The van der Waals surface area contributed by atoms with Crippen molar-refractivity contribution >= 4 is 17.5 Å². The molecule has 1 N–H and O–H groups in total. The molecule has 2 aromatic carbocycles. The van der Waals surface area contributed by atoms with Gasteiger partial charge in [-0.25, -0.2) is 0 Å². The predicted molar refractivity (Wildman–Crippen MR) is 102 cm³/mol. The monoisotopic (exact) mass is 347 g/mol. The van der Waals surface area contributed by atoms with Crippen molar-refractivity contribution in [2.45, 2.75) is 0 Å². The van der Waals surface area contributed by atoms with E-state index in [9.17, 15) is 9.59 Å². The van der Waals surface area contributed by atoms with Gasteiger partial charge in [-0.05, 0) is 24.3 Å². The quantitative estimate of drug-likeness (QED) is 0.856. The molecule has 0 aromatic heterocycles. The molecule has 1 heterocycles. The highest BCUT2D eigenvalue weighted by molar-refractivity contribution is 5.96. The van der Waals surface area contributed by atoms with Crippen LogP contribution in [0.15, 0.2) is 60.7 Å².